The van der Waals surface area contributed by atoms with E-state index in [1.165, 1.54) is 27.7 Å². The molecular weight excluding hydrogens is 790 g/mol. The molecule has 0 aliphatic rings. The average Bonchev–Trinajstić information content (AvgIpc) is 3.18. The molecule has 0 saturated carbocycles. The topological polar surface area (TPSA) is 291 Å². The number of rotatable bonds is 39. The van der Waals surface area contributed by atoms with Crippen molar-refractivity contribution in [2.75, 3.05) is 72.6 Å². The Labute approximate surface area is 352 Å². The normalized spacial score (nSPS) is 12.3. The first-order valence-corrected chi connectivity index (χ1v) is 20.4. The zero-order valence-electron chi connectivity index (χ0n) is 35.7. The lowest BCUT2D eigenvalue weighted by molar-refractivity contribution is -0.154. The summed E-state index contributed by atoms with van der Waals surface area (Å²) in [6.45, 7) is 6.58. The molecule has 20 nitrogen and oxygen atoms in total. The van der Waals surface area contributed by atoms with Crippen molar-refractivity contribution in [1.29, 1.82) is 0 Å². The number of ketones is 4. The van der Waals surface area contributed by atoms with Crippen LogP contribution in [0.1, 0.15) is 105 Å². The number of unbranched alkanes of at least 4 members (excludes halogenated alkanes) is 4. The fourth-order valence-corrected chi connectivity index (χ4v) is 5.28. The molecule has 3 unspecified atom stereocenters. The Bertz CT molecular complexity index is 1380. The van der Waals surface area contributed by atoms with Gasteiger partial charge in [0.15, 0.2) is 11.6 Å². The van der Waals surface area contributed by atoms with Crippen LogP contribution in [0.3, 0.4) is 0 Å². The number of ether oxygens (including phenoxy) is 5. The predicted octanol–water partition coefficient (Wildman–Crippen LogP) is -0.0633. The Morgan fingerprint density at radius 2 is 0.983 bits per heavy atom. The molecule has 0 bridgehead atoms. The first kappa shape index (κ1) is 55.3. The van der Waals surface area contributed by atoms with Gasteiger partial charge in [-0.2, -0.15) is 0 Å². The van der Waals surface area contributed by atoms with Crippen LogP contribution >= 0.6 is 0 Å². The maximum atomic E-state index is 12.5. The summed E-state index contributed by atoms with van der Waals surface area (Å²) in [4.78, 5) is 119. The summed E-state index contributed by atoms with van der Waals surface area (Å²) in [5.74, 6) is -5.12. The van der Waals surface area contributed by atoms with E-state index in [0.717, 1.165) is 0 Å². The number of Topliss-reactive ketones (excluding diaryl/α,β-unsaturated/α-hetero) is 4. The second-order valence-electron chi connectivity index (χ2n) is 14.1. The number of nitrogens with one attached hydrogen (secondary N) is 4. The molecule has 0 aromatic rings. The summed E-state index contributed by atoms with van der Waals surface area (Å²) in [7, 11) is 0. The molecule has 5 amide bonds. The minimum Gasteiger partial charge on any atom is -0.457 e. The molecule has 0 saturated heterocycles. The zero-order chi connectivity index (χ0) is 45.1. The number of hydrogen-bond donors (Lipinski definition) is 5. The molecule has 6 N–H and O–H groups in total. The van der Waals surface area contributed by atoms with Crippen LogP contribution in [0.25, 0.3) is 0 Å². The summed E-state index contributed by atoms with van der Waals surface area (Å²) in [6.07, 6.45) is 3.92. The van der Waals surface area contributed by atoms with Gasteiger partial charge in [-0.1, -0.05) is 25.7 Å². The van der Waals surface area contributed by atoms with Gasteiger partial charge in [0, 0.05) is 52.6 Å². The van der Waals surface area contributed by atoms with Crippen LogP contribution in [-0.2, 0) is 71.6 Å². The van der Waals surface area contributed by atoms with Gasteiger partial charge in [-0.3, -0.25) is 47.9 Å². The zero-order valence-corrected chi connectivity index (χ0v) is 35.7. The van der Waals surface area contributed by atoms with Crippen molar-refractivity contribution in [3.63, 3.8) is 0 Å². The molecule has 3 atom stereocenters. The second kappa shape index (κ2) is 35.1. The largest absolute Gasteiger partial charge is 0.457 e. The fraction of sp³-hybridized carbons (Fsp3) is 0.750. The van der Waals surface area contributed by atoms with Crippen molar-refractivity contribution in [3.05, 3.63) is 0 Å². The van der Waals surface area contributed by atoms with Crippen LogP contribution < -0.4 is 27.0 Å². The molecule has 0 aliphatic carbocycles. The highest BCUT2D eigenvalue weighted by Gasteiger charge is 2.24. The summed E-state index contributed by atoms with van der Waals surface area (Å²) in [5, 5.41) is 10.3. The highest BCUT2D eigenvalue weighted by Crippen LogP contribution is 2.12. The Hall–Kier alpha value is -4.66. The van der Waals surface area contributed by atoms with Crippen molar-refractivity contribution in [1.82, 2.24) is 21.3 Å². The minimum atomic E-state index is -1.09. The van der Waals surface area contributed by atoms with Crippen LogP contribution in [0.2, 0.25) is 0 Å². The van der Waals surface area contributed by atoms with E-state index in [-0.39, 0.29) is 101 Å². The molecule has 0 spiro atoms. The minimum absolute atomic E-state index is 0.0239. The number of hydrogen-bond acceptors (Lipinski definition) is 15. The molecule has 0 aromatic carbocycles. The molecule has 0 fully saturated rings. The summed E-state index contributed by atoms with van der Waals surface area (Å²) in [5.41, 5.74) is 5.41. The highest BCUT2D eigenvalue weighted by molar-refractivity contribution is 5.99. The number of esters is 1. The van der Waals surface area contributed by atoms with Crippen LogP contribution in [0.15, 0.2) is 0 Å². The first-order valence-electron chi connectivity index (χ1n) is 20.4. The third-order valence-electron chi connectivity index (χ3n) is 8.71. The standard InChI is InChI=1S/C40H67N5O15/c1-28(36(51)14-10-6-9-13-35(39(41)54)45-38(53)27-59-24-22-57-20-18-43-31(4)48)40(55)60-25-33(50)16-15-32(49)11-7-5-8-12-34(29(2)46)44-37(52)26-58-23-21-56-19-17-42-30(3)47/h28,34-35H,5-27H2,1-4H3,(H2,41,54)(H,42,47)(H,43,48)(H,44,52)(H,45,53). The van der Waals surface area contributed by atoms with Crippen molar-refractivity contribution >= 4 is 58.6 Å². The van der Waals surface area contributed by atoms with Gasteiger partial charge in [-0.05, 0) is 39.5 Å². The third-order valence-corrected chi connectivity index (χ3v) is 8.71. The van der Waals surface area contributed by atoms with Crippen LogP contribution in [0.4, 0.5) is 0 Å². The lowest BCUT2D eigenvalue weighted by atomic mass is 9.99. The molecule has 0 heterocycles. The predicted molar refractivity (Wildman–Crippen MR) is 215 cm³/mol. The van der Waals surface area contributed by atoms with Gasteiger partial charge >= 0.3 is 5.97 Å². The van der Waals surface area contributed by atoms with Gasteiger partial charge < -0.3 is 50.7 Å². The molecule has 0 aliphatic heterocycles. The smallest absolute Gasteiger partial charge is 0.316 e. The van der Waals surface area contributed by atoms with E-state index >= 15 is 0 Å². The Morgan fingerprint density at radius 3 is 1.48 bits per heavy atom. The van der Waals surface area contributed by atoms with Crippen molar-refractivity contribution < 1.29 is 71.6 Å². The monoisotopic (exact) mass is 857 g/mol. The van der Waals surface area contributed by atoms with E-state index in [1.54, 1.807) is 0 Å². The van der Waals surface area contributed by atoms with Crippen molar-refractivity contribution in [2.45, 2.75) is 117 Å². The maximum absolute atomic E-state index is 12.5. The molecule has 60 heavy (non-hydrogen) atoms. The number of carbonyl (C=O) groups excluding carboxylic acids is 10. The lowest BCUT2D eigenvalue weighted by Gasteiger charge is -2.16. The number of amides is 5. The van der Waals surface area contributed by atoms with Gasteiger partial charge in [-0.25, -0.2) is 0 Å². The summed E-state index contributed by atoms with van der Waals surface area (Å²) < 4.78 is 26.0. The second-order valence-corrected chi connectivity index (χ2v) is 14.1. The van der Waals surface area contributed by atoms with Crippen molar-refractivity contribution in [2.24, 2.45) is 11.7 Å². The average molecular weight is 858 g/mol. The van der Waals surface area contributed by atoms with Crippen molar-refractivity contribution in [3.8, 4) is 0 Å². The van der Waals surface area contributed by atoms with E-state index in [0.29, 0.717) is 71.2 Å². The quantitative estimate of drug-likeness (QED) is 0.0307. The Kier molecular flexibility index (Phi) is 32.4. The van der Waals surface area contributed by atoms with E-state index in [4.69, 9.17) is 29.4 Å². The molecule has 20 heteroatoms. The molecule has 0 rings (SSSR count). The van der Waals surface area contributed by atoms with Gasteiger partial charge in [0.1, 0.15) is 43.3 Å². The Morgan fingerprint density at radius 1 is 0.517 bits per heavy atom. The Balaban J connectivity index is 4.14. The van der Waals surface area contributed by atoms with Gasteiger partial charge in [-0.15, -0.1) is 0 Å². The third kappa shape index (κ3) is 32.2. The summed E-state index contributed by atoms with van der Waals surface area (Å²) >= 11 is 0. The molecule has 0 aromatic heterocycles. The van der Waals surface area contributed by atoms with E-state index in [9.17, 15) is 47.9 Å². The van der Waals surface area contributed by atoms with Crippen LogP contribution in [0, 0.1) is 5.92 Å². The highest BCUT2D eigenvalue weighted by atomic mass is 16.5. The van der Waals surface area contributed by atoms with E-state index in [1.807, 2.05) is 0 Å². The van der Waals surface area contributed by atoms with E-state index in [2.05, 4.69) is 21.3 Å². The number of nitrogens with two attached hydrogens (primary N) is 1. The lowest BCUT2D eigenvalue weighted by Crippen LogP contribution is -2.45. The van der Waals surface area contributed by atoms with Gasteiger partial charge in [0.25, 0.3) is 0 Å². The van der Waals surface area contributed by atoms with Gasteiger partial charge in [0.2, 0.25) is 29.5 Å². The SMILES string of the molecule is CC(=O)NCCOCCOCC(=O)NC(CCCCCC(=O)CCC(=O)COC(=O)C(C)C(=O)CCCCCC(NC(=O)COCCOCCNC(C)=O)C(N)=O)C(C)=O. The molecule has 0 radical (unpaired) electrons. The molecule has 342 valence electrons. The summed E-state index contributed by atoms with van der Waals surface area (Å²) in [6, 6.07) is -1.61. The van der Waals surface area contributed by atoms with Crippen LogP contribution in [0.5, 0.6) is 0 Å². The number of primary amides is 1. The maximum Gasteiger partial charge on any atom is 0.316 e. The first-order chi connectivity index (χ1) is 28.5. The van der Waals surface area contributed by atoms with Gasteiger partial charge in [0.05, 0.1) is 45.7 Å². The fourth-order valence-electron chi connectivity index (χ4n) is 5.28. The van der Waals surface area contributed by atoms with Crippen LogP contribution in [-0.4, -0.2) is 143 Å². The van der Waals surface area contributed by atoms with E-state index < -0.39 is 54.1 Å². The molecular formula is C40H67N5O15. The number of carbonyl (C=O) groups is 10.